The first-order valence-electron chi connectivity index (χ1n) is 7.16. The predicted molar refractivity (Wildman–Crippen MR) is 75.3 cm³/mol. The van der Waals surface area contributed by atoms with Crippen LogP contribution >= 0.6 is 0 Å². The number of hydrogen-bond donors (Lipinski definition) is 2. The zero-order valence-electron chi connectivity index (χ0n) is 11.6. The molecule has 3 heteroatoms. The van der Waals surface area contributed by atoms with E-state index in [1.165, 1.54) is 6.42 Å². The molecule has 0 aromatic heterocycles. The molecule has 1 aliphatic carbocycles. The maximum atomic E-state index is 12.1. The van der Waals surface area contributed by atoms with Crippen molar-refractivity contribution in [2.75, 3.05) is 0 Å². The van der Waals surface area contributed by atoms with Gasteiger partial charge in [0.25, 0.3) is 0 Å². The molecule has 0 spiro atoms. The van der Waals surface area contributed by atoms with Gasteiger partial charge in [0, 0.05) is 12.5 Å². The van der Waals surface area contributed by atoms with Gasteiger partial charge in [0.2, 0.25) is 5.91 Å². The topological polar surface area (TPSA) is 49.3 Å². The maximum absolute atomic E-state index is 12.1. The molecule has 0 saturated heterocycles. The van der Waals surface area contributed by atoms with Crippen LogP contribution in [0.1, 0.15) is 43.7 Å². The lowest BCUT2D eigenvalue weighted by molar-refractivity contribution is -0.126. The third-order valence-corrected chi connectivity index (χ3v) is 4.05. The molecular formula is C16H23NO2. The molecule has 1 amide bonds. The van der Waals surface area contributed by atoms with Crippen molar-refractivity contribution in [1.29, 1.82) is 0 Å². The van der Waals surface area contributed by atoms with Crippen LogP contribution in [0.2, 0.25) is 0 Å². The van der Waals surface area contributed by atoms with E-state index in [0.717, 1.165) is 30.4 Å². The summed E-state index contributed by atoms with van der Waals surface area (Å²) in [6, 6.07) is 7.68. The van der Waals surface area contributed by atoms with Crippen molar-refractivity contribution in [3.8, 4) is 0 Å². The second-order valence-corrected chi connectivity index (χ2v) is 5.61. The Labute approximate surface area is 115 Å². The van der Waals surface area contributed by atoms with E-state index in [1.807, 2.05) is 24.3 Å². The summed E-state index contributed by atoms with van der Waals surface area (Å²) in [7, 11) is 0. The highest BCUT2D eigenvalue weighted by molar-refractivity contribution is 5.78. The van der Waals surface area contributed by atoms with Crippen LogP contribution in [0.5, 0.6) is 0 Å². The number of carbonyl (C=O) groups excluding carboxylic acids is 1. The number of aliphatic hydroxyl groups is 1. The second kappa shape index (κ2) is 6.71. The number of rotatable bonds is 4. The van der Waals surface area contributed by atoms with Crippen LogP contribution in [-0.2, 0) is 17.9 Å². The van der Waals surface area contributed by atoms with E-state index in [1.54, 1.807) is 0 Å². The van der Waals surface area contributed by atoms with Gasteiger partial charge in [0.05, 0.1) is 6.61 Å². The number of carbonyl (C=O) groups is 1. The molecule has 0 aliphatic heterocycles. The second-order valence-electron chi connectivity index (χ2n) is 5.61. The monoisotopic (exact) mass is 261 g/mol. The summed E-state index contributed by atoms with van der Waals surface area (Å²) in [5.41, 5.74) is 1.89. The van der Waals surface area contributed by atoms with Gasteiger partial charge in [-0.05, 0) is 29.9 Å². The summed E-state index contributed by atoms with van der Waals surface area (Å²) in [6.45, 7) is 2.76. The molecule has 1 aliphatic rings. The first-order chi connectivity index (χ1) is 9.20. The minimum absolute atomic E-state index is 0.0203. The van der Waals surface area contributed by atoms with Gasteiger partial charge in [0.15, 0.2) is 0 Å². The molecular weight excluding hydrogens is 238 g/mol. The van der Waals surface area contributed by atoms with E-state index in [-0.39, 0.29) is 18.4 Å². The Morgan fingerprint density at radius 3 is 2.74 bits per heavy atom. The minimum atomic E-state index is 0.0203. The molecule has 1 fully saturated rings. The van der Waals surface area contributed by atoms with Crippen molar-refractivity contribution in [1.82, 2.24) is 5.32 Å². The molecule has 2 N–H and O–H groups in total. The largest absolute Gasteiger partial charge is 0.392 e. The van der Waals surface area contributed by atoms with Crippen molar-refractivity contribution < 1.29 is 9.90 Å². The number of benzene rings is 1. The molecule has 0 bridgehead atoms. The highest BCUT2D eigenvalue weighted by atomic mass is 16.3. The van der Waals surface area contributed by atoms with Crippen LogP contribution in [0.3, 0.4) is 0 Å². The van der Waals surface area contributed by atoms with Crippen molar-refractivity contribution >= 4 is 5.91 Å². The van der Waals surface area contributed by atoms with E-state index < -0.39 is 0 Å². The standard InChI is InChI=1S/C16H23NO2/c1-12-5-4-8-13(9-12)16(19)17-10-14-6-2-3-7-15(14)11-18/h2-3,6-7,12-13,18H,4-5,8-11H2,1H3,(H,17,19). The van der Waals surface area contributed by atoms with Gasteiger partial charge in [-0.1, -0.05) is 44.0 Å². The van der Waals surface area contributed by atoms with Crippen molar-refractivity contribution in [3.05, 3.63) is 35.4 Å². The zero-order chi connectivity index (χ0) is 13.7. The summed E-state index contributed by atoms with van der Waals surface area (Å²) in [5.74, 6) is 0.999. The number of hydrogen-bond acceptors (Lipinski definition) is 2. The Bertz CT molecular complexity index is 431. The fourth-order valence-electron chi connectivity index (χ4n) is 2.88. The molecule has 1 aromatic rings. The zero-order valence-corrected chi connectivity index (χ0v) is 11.6. The van der Waals surface area contributed by atoms with Gasteiger partial charge in [-0.3, -0.25) is 4.79 Å². The predicted octanol–water partition coefficient (Wildman–Crippen LogP) is 2.62. The Balaban J connectivity index is 1.89. The molecule has 0 radical (unpaired) electrons. The summed E-state index contributed by atoms with van der Waals surface area (Å²) >= 11 is 0. The first kappa shape index (κ1) is 14.1. The van der Waals surface area contributed by atoms with Gasteiger partial charge < -0.3 is 10.4 Å². The average molecular weight is 261 g/mol. The molecule has 1 aromatic carbocycles. The van der Waals surface area contributed by atoms with E-state index in [4.69, 9.17) is 0 Å². The van der Waals surface area contributed by atoms with Gasteiger partial charge in [-0.25, -0.2) is 0 Å². The highest BCUT2D eigenvalue weighted by Gasteiger charge is 2.24. The Hall–Kier alpha value is -1.35. The fourth-order valence-corrected chi connectivity index (χ4v) is 2.88. The lowest BCUT2D eigenvalue weighted by atomic mass is 9.82. The molecule has 2 rings (SSSR count). The van der Waals surface area contributed by atoms with Crippen LogP contribution in [0.4, 0.5) is 0 Å². The van der Waals surface area contributed by atoms with Crippen LogP contribution in [0.25, 0.3) is 0 Å². The molecule has 2 atom stereocenters. The molecule has 2 unspecified atom stereocenters. The summed E-state index contributed by atoms with van der Waals surface area (Å²) in [6.07, 6.45) is 4.43. The smallest absolute Gasteiger partial charge is 0.223 e. The molecule has 19 heavy (non-hydrogen) atoms. The normalized spacial score (nSPS) is 23.1. The van der Waals surface area contributed by atoms with Gasteiger partial charge >= 0.3 is 0 Å². The third kappa shape index (κ3) is 3.80. The fraction of sp³-hybridized carbons (Fsp3) is 0.562. The van der Waals surface area contributed by atoms with E-state index in [0.29, 0.717) is 12.5 Å². The minimum Gasteiger partial charge on any atom is -0.392 e. The van der Waals surface area contributed by atoms with Gasteiger partial charge in [-0.15, -0.1) is 0 Å². The van der Waals surface area contributed by atoms with E-state index >= 15 is 0 Å². The Morgan fingerprint density at radius 2 is 2.05 bits per heavy atom. The Morgan fingerprint density at radius 1 is 1.32 bits per heavy atom. The number of amides is 1. The Kier molecular flexibility index (Phi) is 4.97. The van der Waals surface area contributed by atoms with Gasteiger partial charge in [-0.2, -0.15) is 0 Å². The molecule has 0 heterocycles. The van der Waals surface area contributed by atoms with E-state index in [9.17, 15) is 9.90 Å². The quantitative estimate of drug-likeness (QED) is 0.875. The lowest BCUT2D eigenvalue weighted by Gasteiger charge is -2.25. The van der Waals surface area contributed by atoms with Crippen molar-refractivity contribution in [3.63, 3.8) is 0 Å². The molecule has 3 nitrogen and oxygen atoms in total. The lowest BCUT2D eigenvalue weighted by Crippen LogP contribution is -2.33. The summed E-state index contributed by atoms with van der Waals surface area (Å²) in [5, 5.41) is 12.3. The van der Waals surface area contributed by atoms with Crippen LogP contribution in [0, 0.1) is 11.8 Å². The number of aliphatic hydroxyl groups excluding tert-OH is 1. The van der Waals surface area contributed by atoms with Crippen LogP contribution < -0.4 is 5.32 Å². The van der Waals surface area contributed by atoms with Crippen molar-refractivity contribution in [2.45, 2.75) is 45.8 Å². The summed E-state index contributed by atoms with van der Waals surface area (Å²) in [4.78, 5) is 12.1. The molecule has 104 valence electrons. The first-order valence-corrected chi connectivity index (χ1v) is 7.16. The van der Waals surface area contributed by atoms with E-state index in [2.05, 4.69) is 12.2 Å². The maximum Gasteiger partial charge on any atom is 0.223 e. The van der Waals surface area contributed by atoms with Crippen molar-refractivity contribution in [2.24, 2.45) is 11.8 Å². The van der Waals surface area contributed by atoms with Crippen LogP contribution in [0.15, 0.2) is 24.3 Å². The average Bonchev–Trinajstić information content (AvgIpc) is 2.45. The number of nitrogens with one attached hydrogen (secondary N) is 1. The van der Waals surface area contributed by atoms with Gasteiger partial charge in [0.1, 0.15) is 0 Å². The summed E-state index contributed by atoms with van der Waals surface area (Å²) < 4.78 is 0. The SMILES string of the molecule is CC1CCCC(C(=O)NCc2ccccc2CO)C1. The third-order valence-electron chi connectivity index (χ3n) is 4.05. The highest BCUT2D eigenvalue weighted by Crippen LogP contribution is 2.28. The van der Waals surface area contributed by atoms with Crippen LogP contribution in [-0.4, -0.2) is 11.0 Å². The molecule has 1 saturated carbocycles.